The number of benzene rings is 2. The van der Waals surface area contributed by atoms with Crippen LogP contribution in [-0.4, -0.2) is 188 Å². The highest BCUT2D eigenvalue weighted by molar-refractivity contribution is 6.00. The molecule has 21 N–H and O–H groups in total. The Kier molecular flexibility index (Phi) is 26.4. The molecule has 0 spiro atoms. The molecule has 488 valence electrons. The van der Waals surface area contributed by atoms with Gasteiger partial charge in [-0.25, -0.2) is 4.98 Å². The number of phenolic OH excluding ortho intramolecular Hbond substituents is 1. The van der Waals surface area contributed by atoms with Crippen molar-refractivity contribution < 1.29 is 63.0 Å². The summed E-state index contributed by atoms with van der Waals surface area (Å²) in [5.41, 5.74) is 24.3. The van der Waals surface area contributed by atoms with Crippen molar-refractivity contribution in [2.75, 3.05) is 32.8 Å². The maximum absolute atomic E-state index is 14.7. The number of guanidine groups is 1. The van der Waals surface area contributed by atoms with Gasteiger partial charge in [-0.2, -0.15) is 0 Å². The van der Waals surface area contributed by atoms with Crippen LogP contribution < -0.4 is 70.8 Å². The molecule has 0 aliphatic carbocycles. The van der Waals surface area contributed by atoms with E-state index >= 15 is 0 Å². The van der Waals surface area contributed by atoms with E-state index in [4.69, 9.17) is 22.9 Å². The predicted octanol–water partition coefficient (Wildman–Crippen LogP) is -3.89. The number of H-pyrrole nitrogens is 2. The minimum Gasteiger partial charge on any atom is -0.508 e. The lowest BCUT2D eigenvalue weighted by molar-refractivity contribution is -0.142. The first kappa shape index (κ1) is 69.5. The van der Waals surface area contributed by atoms with Crippen LogP contribution in [0, 0.1) is 5.92 Å². The number of nitrogens with one attached hydrogen (secondary N) is 11. The van der Waals surface area contributed by atoms with E-state index in [1.807, 2.05) is 0 Å². The van der Waals surface area contributed by atoms with E-state index in [1.165, 1.54) is 41.7 Å². The van der Waals surface area contributed by atoms with Gasteiger partial charge in [-0.15, -0.1) is 0 Å². The first-order valence-electron chi connectivity index (χ1n) is 30.0. The smallest absolute Gasteiger partial charge is 0.245 e. The molecule has 2 aliphatic rings. The molecule has 31 heteroatoms. The topological polar surface area (TPSA) is 501 Å². The highest BCUT2D eigenvalue weighted by Gasteiger charge is 2.40. The summed E-state index contributed by atoms with van der Waals surface area (Å²) in [6.45, 7) is 2.57. The Labute approximate surface area is 519 Å². The minimum atomic E-state index is -1.78. The predicted molar refractivity (Wildman–Crippen MR) is 327 cm³/mol. The SMILES string of the molecule is CC(C)C[C@H](NC(=O)[C@@H](CCCCN)NC(=O)[C@H](Cc1ccc(O)cc1)NC(=O)[C@H](CO)NC(=O)[C@H](Cc1c[nH]c2ccccc12)NC(=O)[C@H](Cc1cnc[nH]1)NC(=O)[C@@H]1CCC(=O)N1)C(=O)N[C@@H](CCCN=C(N)N)C(=O)N1CCC[C@@H]1C(=O)NCC(N)=O. The number of para-hydroxylation sites is 1. The Bertz CT molecular complexity index is 3170. The Balaban J connectivity index is 1.23. The van der Waals surface area contributed by atoms with Gasteiger partial charge in [0, 0.05) is 67.8 Å². The standard InChI is InChI=1S/C59H84N18O13/c1-32(2)23-42(52(84)71-41(12-7-21-65-59(62)63)58(90)77-22-8-13-47(77)57(89)67-29-48(61)80)72-50(82)39(11-5-6-20-60)70-53(85)43(24-33-14-16-36(79)17-15-33)73-56(88)46(30-78)76-54(86)44(25-34-27-66-38-10-4-3-9-37(34)38)74-55(87)45(26-35-28-64-31-68-35)75-51(83)40-18-19-49(81)69-40/h3-4,9-10,14-17,27-28,31-32,39-47,66,78-79H,5-8,11-13,18-26,29-30,60H2,1-2H3,(H2,61,80)(H,64,68)(H,67,89)(H,69,81)(H,70,85)(H,71,84)(H,72,82)(H,73,88)(H,74,87)(H,75,83)(H,76,86)(H4,62,63,65)/t39-,40+,41+,42+,43+,44+,45+,46+,47-/m1/s1. The number of carbonyl (C=O) groups is 11. The summed E-state index contributed by atoms with van der Waals surface area (Å²) in [5.74, 6) is -8.89. The number of aromatic amines is 2. The quantitative estimate of drug-likeness (QED) is 0.0119. The fourth-order valence-electron chi connectivity index (χ4n) is 10.6. The molecule has 2 aromatic carbocycles. The second-order valence-corrected chi connectivity index (χ2v) is 22.7. The lowest BCUT2D eigenvalue weighted by Gasteiger charge is -2.30. The summed E-state index contributed by atoms with van der Waals surface area (Å²) in [5, 5.41) is 45.3. The van der Waals surface area contributed by atoms with Gasteiger partial charge in [0.15, 0.2) is 5.96 Å². The van der Waals surface area contributed by atoms with Crippen LogP contribution in [-0.2, 0) is 72.0 Å². The Morgan fingerprint density at radius 1 is 0.700 bits per heavy atom. The molecule has 0 unspecified atom stereocenters. The number of imidazole rings is 1. The number of carbonyl (C=O) groups excluding carboxylic acids is 11. The number of aliphatic imine (C=N–C) groups is 1. The number of rotatable bonds is 35. The summed E-state index contributed by atoms with van der Waals surface area (Å²) in [7, 11) is 0. The molecule has 2 fully saturated rings. The Hall–Kier alpha value is -9.65. The van der Waals surface area contributed by atoms with Crippen LogP contribution in [0.3, 0.4) is 0 Å². The molecule has 31 nitrogen and oxygen atoms in total. The second kappa shape index (κ2) is 34.2. The van der Waals surface area contributed by atoms with Crippen LogP contribution in [0.5, 0.6) is 5.75 Å². The molecular formula is C59H84N18O13. The van der Waals surface area contributed by atoms with Gasteiger partial charge < -0.3 is 95.9 Å². The van der Waals surface area contributed by atoms with Gasteiger partial charge in [0.1, 0.15) is 60.1 Å². The van der Waals surface area contributed by atoms with Crippen molar-refractivity contribution in [3.05, 3.63) is 84.1 Å². The van der Waals surface area contributed by atoms with E-state index < -0.39 is 127 Å². The third-order valence-corrected chi connectivity index (χ3v) is 15.2. The van der Waals surface area contributed by atoms with E-state index in [0.717, 1.165) is 0 Å². The van der Waals surface area contributed by atoms with Crippen LogP contribution in [0.4, 0.5) is 0 Å². The number of aliphatic hydroxyl groups is 1. The first-order chi connectivity index (χ1) is 43.0. The number of aromatic nitrogens is 3. The van der Waals surface area contributed by atoms with Crippen molar-refractivity contribution in [3.8, 4) is 5.75 Å². The molecular weight excluding hydrogens is 1170 g/mol. The summed E-state index contributed by atoms with van der Waals surface area (Å²) in [6.07, 6.45) is 5.83. The zero-order chi connectivity index (χ0) is 65.4. The highest BCUT2D eigenvalue weighted by atomic mass is 16.3. The summed E-state index contributed by atoms with van der Waals surface area (Å²) in [4.78, 5) is 167. The number of fused-ring (bicyclic) bond motifs is 1. The molecule has 0 saturated carbocycles. The average Bonchev–Trinajstić information content (AvgIpc) is 3.74. The fourth-order valence-corrected chi connectivity index (χ4v) is 10.6. The molecule has 4 aromatic rings. The second-order valence-electron chi connectivity index (χ2n) is 22.7. The largest absolute Gasteiger partial charge is 0.508 e. The van der Waals surface area contributed by atoms with Crippen LogP contribution in [0.25, 0.3) is 10.9 Å². The average molecular weight is 1250 g/mol. The Morgan fingerprint density at radius 2 is 1.31 bits per heavy atom. The van der Waals surface area contributed by atoms with E-state index in [9.17, 15) is 63.0 Å². The third-order valence-electron chi connectivity index (χ3n) is 15.2. The zero-order valence-corrected chi connectivity index (χ0v) is 50.4. The molecule has 9 atom stereocenters. The number of likely N-dealkylation sites (tertiary alicyclic amines) is 1. The zero-order valence-electron chi connectivity index (χ0n) is 50.4. The number of aliphatic hydroxyl groups excluding tert-OH is 1. The number of hydrogen-bond donors (Lipinski definition) is 17. The van der Waals surface area contributed by atoms with Gasteiger partial charge in [-0.1, -0.05) is 44.2 Å². The number of amides is 11. The number of hydrogen-bond acceptors (Lipinski definition) is 16. The van der Waals surface area contributed by atoms with Crippen molar-refractivity contribution in [3.63, 3.8) is 0 Å². The van der Waals surface area contributed by atoms with E-state index in [1.54, 1.807) is 44.3 Å². The van der Waals surface area contributed by atoms with Crippen LogP contribution in [0.15, 0.2) is 72.2 Å². The summed E-state index contributed by atoms with van der Waals surface area (Å²) >= 11 is 0. The van der Waals surface area contributed by atoms with Crippen molar-refractivity contribution in [1.29, 1.82) is 0 Å². The monoisotopic (exact) mass is 1250 g/mol. The van der Waals surface area contributed by atoms with Crippen LogP contribution in [0.1, 0.15) is 94.9 Å². The van der Waals surface area contributed by atoms with Crippen molar-refractivity contribution in [2.24, 2.45) is 33.8 Å². The van der Waals surface area contributed by atoms with Crippen LogP contribution in [0.2, 0.25) is 0 Å². The highest BCUT2D eigenvalue weighted by Crippen LogP contribution is 2.22. The molecule has 6 rings (SSSR count). The van der Waals surface area contributed by atoms with Gasteiger partial charge in [0.25, 0.3) is 0 Å². The van der Waals surface area contributed by atoms with E-state index in [0.29, 0.717) is 47.0 Å². The van der Waals surface area contributed by atoms with Gasteiger partial charge >= 0.3 is 0 Å². The number of unbranched alkanes of at least 4 members (excludes halogenated alkanes) is 1. The van der Waals surface area contributed by atoms with Crippen molar-refractivity contribution in [2.45, 2.75) is 152 Å². The fraction of sp³-hybridized carbons (Fsp3) is 0.508. The Morgan fingerprint density at radius 3 is 1.94 bits per heavy atom. The number of nitrogens with zero attached hydrogens (tertiary/aromatic N) is 3. The summed E-state index contributed by atoms with van der Waals surface area (Å²) in [6, 6.07) is 0.871. The first-order valence-corrected chi connectivity index (χ1v) is 30.0. The number of aromatic hydroxyl groups is 1. The third kappa shape index (κ3) is 21.0. The number of primary amides is 1. The molecule has 90 heavy (non-hydrogen) atoms. The molecule has 0 radical (unpaired) electrons. The molecule has 0 bridgehead atoms. The van der Waals surface area contributed by atoms with Gasteiger partial charge in [-0.05, 0) is 99.6 Å². The number of phenols is 1. The van der Waals surface area contributed by atoms with Gasteiger partial charge in [0.05, 0.1) is 19.5 Å². The molecule has 2 aromatic heterocycles. The van der Waals surface area contributed by atoms with Crippen LogP contribution >= 0.6 is 0 Å². The normalized spacial score (nSPS) is 16.9. The molecule has 11 amide bonds. The number of nitrogens with two attached hydrogens (primary N) is 4. The lowest BCUT2D eigenvalue weighted by Crippen LogP contribution is -2.61. The molecule has 2 aliphatic heterocycles. The molecule has 2 saturated heterocycles. The summed E-state index contributed by atoms with van der Waals surface area (Å²) < 4.78 is 0. The lowest BCUT2D eigenvalue weighted by atomic mass is 10.00. The minimum absolute atomic E-state index is 0.00338. The molecule has 4 heterocycles. The maximum atomic E-state index is 14.7. The maximum Gasteiger partial charge on any atom is 0.245 e. The van der Waals surface area contributed by atoms with E-state index in [-0.39, 0.29) is 107 Å². The van der Waals surface area contributed by atoms with Gasteiger partial charge in [0.2, 0.25) is 65.0 Å². The van der Waals surface area contributed by atoms with E-state index in [2.05, 4.69) is 67.8 Å². The van der Waals surface area contributed by atoms with Crippen molar-refractivity contribution in [1.82, 2.24) is 67.7 Å². The van der Waals surface area contributed by atoms with Gasteiger partial charge in [-0.3, -0.25) is 57.7 Å². The van der Waals surface area contributed by atoms with Crippen molar-refractivity contribution >= 4 is 81.8 Å².